The Morgan fingerprint density at radius 3 is 2.30 bits per heavy atom. The van der Waals surface area contributed by atoms with Crippen LogP contribution in [0.5, 0.6) is 0 Å². The number of likely N-dealkylation sites (N-methyl/N-ethyl adjacent to an activating group) is 1. The van der Waals surface area contributed by atoms with Crippen LogP contribution >= 0.6 is 0 Å². The van der Waals surface area contributed by atoms with Crippen molar-refractivity contribution in [3.8, 4) is 0 Å². The zero-order chi connectivity index (χ0) is 15.3. The number of anilines is 1. The highest BCUT2D eigenvalue weighted by Crippen LogP contribution is 2.24. The van der Waals surface area contributed by atoms with Crippen LogP contribution in [0.15, 0.2) is 12.1 Å². The molecule has 0 aliphatic rings. The van der Waals surface area contributed by atoms with Gasteiger partial charge in [-0.05, 0) is 32.9 Å². The standard InChI is InChI=1S/C14H18F2N2O2/c1-4-18(7-13(20)17-9(2)3)14-11(15)5-10(8-19)6-12(14)16/h5-6,8-9H,4,7H2,1-3H3,(H,17,20). The van der Waals surface area contributed by atoms with E-state index < -0.39 is 11.6 Å². The first-order valence-electron chi connectivity index (χ1n) is 6.37. The van der Waals surface area contributed by atoms with E-state index >= 15 is 0 Å². The van der Waals surface area contributed by atoms with Crippen molar-refractivity contribution >= 4 is 17.9 Å². The lowest BCUT2D eigenvalue weighted by molar-refractivity contribution is -0.120. The van der Waals surface area contributed by atoms with Gasteiger partial charge in [0.2, 0.25) is 5.91 Å². The first-order valence-corrected chi connectivity index (χ1v) is 6.37. The van der Waals surface area contributed by atoms with Crippen molar-refractivity contribution in [3.63, 3.8) is 0 Å². The van der Waals surface area contributed by atoms with E-state index in [2.05, 4.69) is 5.32 Å². The van der Waals surface area contributed by atoms with E-state index in [1.807, 2.05) is 0 Å². The van der Waals surface area contributed by atoms with Crippen molar-refractivity contribution < 1.29 is 18.4 Å². The van der Waals surface area contributed by atoms with E-state index in [9.17, 15) is 18.4 Å². The predicted octanol–water partition coefficient (Wildman–Crippen LogP) is 2.13. The van der Waals surface area contributed by atoms with Crippen molar-refractivity contribution in [3.05, 3.63) is 29.3 Å². The maximum absolute atomic E-state index is 13.9. The molecule has 0 heterocycles. The Hall–Kier alpha value is -1.98. The number of carbonyl (C=O) groups is 2. The number of nitrogens with zero attached hydrogens (tertiary/aromatic N) is 1. The molecule has 0 atom stereocenters. The molecule has 0 unspecified atom stereocenters. The number of aldehydes is 1. The number of nitrogens with one attached hydrogen (secondary N) is 1. The van der Waals surface area contributed by atoms with Crippen LogP contribution in [0.4, 0.5) is 14.5 Å². The fraction of sp³-hybridized carbons (Fsp3) is 0.429. The van der Waals surface area contributed by atoms with Gasteiger partial charge in [-0.25, -0.2) is 8.78 Å². The summed E-state index contributed by atoms with van der Waals surface area (Å²) in [6.45, 7) is 5.40. The third-order valence-electron chi connectivity index (χ3n) is 2.66. The van der Waals surface area contributed by atoms with Gasteiger partial charge in [-0.1, -0.05) is 0 Å². The molecule has 110 valence electrons. The van der Waals surface area contributed by atoms with E-state index in [0.717, 1.165) is 12.1 Å². The molecule has 0 aliphatic heterocycles. The molecule has 20 heavy (non-hydrogen) atoms. The molecule has 1 aromatic rings. The number of carbonyl (C=O) groups excluding carboxylic acids is 2. The van der Waals surface area contributed by atoms with Crippen LogP contribution < -0.4 is 10.2 Å². The first-order chi connectivity index (χ1) is 9.38. The van der Waals surface area contributed by atoms with Crippen LogP contribution in [0.3, 0.4) is 0 Å². The summed E-state index contributed by atoms with van der Waals surface area (Å²) in [5, 5.41) is 2.66. The van der Waals surface area contributed by atoms with Crippen LogP contribution in [-0.2, 0) is 4.79 Å². The lowest BCUT2D eigenvalue weighted by Gasteiger charge is -2.24. The highest BCUT2D eigenvalue weighted by Gasteiger charge is 2.19. The molecule has 0 aromatic heterocycles. The largest absolute Gasteiger partial charge is 0.358 e. The quantitative estimate of drug-likeness (QED) is 0.814. The van der Waals surface area contributed by atoms with Crippen molar-refractivity contribution in [2.75, 3.05) is 18.0 Å². The summed E-state index contributed by atoms with van der Waals surface area (Å²) < 4.78 is 27.8. The predicted molar refractivity (Wildman–Crippen MR) is 72.9 cm³/mol. The Kier molecular flexibility index (Phi) is 5.61. The SMILES string of the molecule is CCN(CC(=O)NC(C)C)c1c(F)cc(C=O)cc1F. The third kappa shape index (κ3) is 4.01. The topological polar surface area (TPSA) is 49.4 Å². The Morgan fingerprint density at radius 2 is 1.90 bits per heavy atom. The van der Waals surface area contributed by atoms with Crippen molar-refractivity contribution in [1.82, 2.24) is 5.32 Å². The van der Waals surface area contributed by atoms with Gasteiger partial charge in [0.15, 0.2) is 0 Å². The van der Waals surface area contributed by atoms with Crippen LogP contribution in [-0.4, -0.2) is 31.3 Å². The van der Waals surface area contributed by atoms with Gasteiger partial charge in [-0.3, -0.25) is 9.59 Å². The molecular formula is C14H18F2N2O2. The van der Waals surface area contributed by atoms with E-state index in [-0.39, 0.29) is 36.3 Å². The molecular weight excluding hydrogens is 266 g/mol. The molecule has 0 saturated carbocycles. The zero-order valence-electron chi connectivity index (χ0n) is 11.7. The maximum atomic E-state index is 13.9. The van der Waals surface area contributed by atoms with Crippen LogP contribution in [0.1, 0.15) is 31.1 Å². The number of hydrogen-bond donors (Lipinski definition) is 1. The molecule has 1 amide bonds. The lowest BCUT2D eigenvalue weighted by atomic mass is 10.2. The van der Waals surface area contributed by atoms with Gasteiger partial charge in [-0.2, -0.15) is 0 Å². The van der Waals surface area contributed by atoms with E-state index in [1.54, 1.807) is 20.8 Å². The van der Waals surface area contributed by atoms with E-state index in [4.69, 9.17) is 0 Å². The second kappa shape index (κ2) is 6.98. The number of hydrogen-bond acceptors (Lipinski definition) is 3. The van der Waals surface area contributed by atoms with Crippen LogP contribution in [0.25, 0.3) is 0 Å². The maximum Gasteiger partial charge on any atom is 0.239 e. The van der Waals surface area contributed by atoms with Crippen molar-refractivity contribution in [2.24, 2.45) is 0 Å². The van der Waals surface area contributed by atoms with E-state index in [1.165, 1.54) is 4.90 Å². The third-order valence-corrected chi connectivity index (χ3v) is 2.66. The minimum atomic E-state index is -0.855. The molecule has 6 heteroatoms. The minimum absolute atomic E-state index is 0.0478. The number of rotatable bonds is 6. The molecule has 0 bridgehead atoms. The van der Waals surface area contributed by atoms with Gasteiger partial charge in [0.25, 0.3) is 0 Å². The lowest BCUT2D eigenvalue weighted by Crippen LogP contribution is -2.40. The monoisotopic (exact) mass is 284 g/mol. The summed E-state index contributed by atoms with van der Waals surface area (Å²) in [7, 11) is 0. The van der Waals surface area contributed by atoms with Gasteiger partial charge < -0.3 is 10.2 Å². The van der Waals surface area contributed by atoms with Gasteiger partial charge in [0.1, 0.15) is 23.6 Å². The molecule has 0 spiro atoms. The first kappa shape index (κ1) is 16.1. The van der Waals surface area contributed by atoms with Crippen molar-refractivity contribution in [2.45, 2.75) is 26.8 Å². The van der Waals surface area contributed by atoms with Gasteiger partial charge >= 0.3 is 0 Å². The fourth-order valence-corrected chi connectivity index (χ4v) is 1.85. The summed E-state index contributed by atoms with van der Waals surface area (Å²) in [6.07, 6.45) is 0.373. The van der Waals surface area contributed by atoms with Gasteiger partial charge in [-0.15, -0.1) is 0 Å². The average Bonchev–Trinajstić information content (AvgIpc) is 2.35. The Balaban J connectivity index is 3.01. The summed E-state index contributed by atoms with van der Waals surface area (Å²) in [5.41, 5.74) is -0.372. The normalized spacial score (nSPS) is 10.5. The average molecular weight is 284 g/mol. The highest BCUT2D eigenvalue weighted by atomic mass is 19.1. The number of halogens is 2. The van der Waals surface area contributed by atoms with Crippen LogP contribution in [0, 0.1) is 11.6 Å². The molecule has 0 fully saturated rings. The zero-order valence-corrected chi connectivity index (χ0v) is 11.7. The molecule has 1 aromatic carbocycles. The fourth-order valence-electron chi connectivity index (χ4n) is 1.85. The number of amides is 1. The smallest absolute Gasteiger partial charge is 0.239 e. The number of benzene rings is 1. The Morgan fingerprint density at radius 1 is 1.35 bits per heavy atom. The summed E-state index contributed by atoms with van der Waals surface area (Å²) in [6, 6.07) is 1.86. The summed E-state index contributed by atoms with van der Waals surface area (Å²) in [5.74, 6) is -2.03. The van der Waals surface area contributed by atoms with Gasteiger partial charge in [0, 0.05) is 18.2 Å². The van der Waals surface area contributed by atoms with Crippen LogP contribution in [0.2, 0.25) is 0 Å². The highest BCUT2D eigenvalue weighted by molar-refractivity contribution is 5.82. The second-order valence-corrected chi connectivity index (χ2v) is 4.69. The molecule has 0 radical (unpaired) electrons. The summed E-state index contributed by atoms with van der Waals surface area (Å²) >= 11 is 0. The molecule has 0 saturated heterocycles. The Labute approximate surface area is 116 Å². The van der Waals surface area contributed by atoms with Crippen molar-refractivity contribution in [1.29, 1.82) is 0 Å². The Bertz CT molecular complexity index is 481. The molecule has 4 nitrogen and oxygen atoms in total. The van der Waals surface area contributed by atoms with E-state index in [0.29, 0.717) is 6.29 Å². The molecule has 1 N–H and O–H groups in total. The minimum Gasteiger partial charge on any atom is -0.358 e. The van der Waals surface area contributed by atoms with Gasteiger partial charge in [0.05, 0.1) is 6.54 Å². The molecule has 0 aliphatic carbocycles. The molecule has 1 rings (SSSR count). The summed E-state index contributed by atoms with van der Waals surface area (Å²) in [4.78, 5) is 23.5. The second-order valence-electron chi connectivity index (χ2n) is 4.69.